The third kappa shape index (κ3) is 6.72. The Kier molecular flexibility index (Phi) is 8.38. The predicted molar refractivity (Wildman–Crippen MR) is 123 cm³/mol. The van der Waals surface area contributed by atoms with E-state index in [0.29, 0.717) is 10.7 Å². The van der Waals surface area contributed by atoms with Gasteiger partial charge in [-0.1, -0.05) is 94.5 Å². The first-order valence-electron chi connectivity index (χ1n) is 8.43. The fraction of sp³-hybridized carbons (Fsp3) is 0.158. The van der Waals surface area contributed by atoms with Crippen molar-refractivity contribution in [3.63, 3.8) is 0 Å². The molecule has 0 saturated heterocycles. The number of hydrazone groups is 1. The second-order valence-electron chi connectivity index (χ2n) is 5.71. The molecule has 0 radical (unpaired) electrons. The van der Waals surface area contributed by atoms with E-state index in [0.717, 1.165) is 30.6 Å². The van der Waals surface area contributed by atoms with E-state index in [4.69, 9.17) is 23.2 Å². The van der Waals surface area contributed by atoms with Gasteiger partial charge in [0.25, 0.3) is 5.91 Å². The molecule has 0 atom stereocenters. The molecule has 3 aromatic rings. The number of benzene rings is 2. The minimum Gasteiger partial charge on any atom is -0.272 e. The molecule has 150 valence electrons. The van der Waals surface area contributed by atoms with Gasteiger partial charge in [0.2, 0.25) is 0 Å². The fourth-order valence-electron chi connectivity index (χ4n) is 2.19. The Balaban J connectivity index is 1.47. The molecule has 0 aliphatic carbocycles. The Hall–Kier alpha value is -1.58. The van der Waals surface area contributed by atoms with Crippen LogP contribution in [0.1, 0.15) is 18.1 Å². The molecule has 1 amide bonds. The maximum Gasteiger partial charge on any atom is 0.250 e. The van der Waals surface area contributed by atoms with Gasteiger partial charge in [0, 0.05) is 21.4 Å². The first-order valence-corrected chi connectivity index (χ1v) is 12.0. The largest absolute Gasteiger partial charge is 0.272 e. The van der Waals surface area contributed by atoms with Gasteiger partial charge in [-0.2, -0.15) is 5.10 Å². The number of amides is 1. The summed E-state index contributed by atoms with van der Waals surface area (Å²) in [6, 6.07) is 15.1. The second-order valence-corrected chi connectivity index (χ2v) is 9.95. The highest BCUT2D eigenvalue weighted by Gasteiger charge is 2.10. The van der Waals surface area contributed by atoms with Crippen LogP contribution < -0.4 is 5.43 Å². The quantitative estimate of drug-likeness (QED) is 0.250. The third-order valence-corrected chi connectivity index (χ3v) is 7.57. The van der Waals surface area contributed by atoms with Crippen LogP contribution in [-0.4, -0.2) is 27.6 Å². The lowest BCUT2D eigenvalue weighted by Crippen LogP contribution is -2.21. The second kappa shape index (κ2) is 11.0. The molecular formula is C19H16Cl2N4OS3. The molecule has 1 N–H and O–H groups in total. The highest BCUT2D eigenvalue weighted by atomic mass is 35.5. The molecule has 0 saturated carbocycles. The summed E-state index contributed by atoms with van der Waals surface area (Å²) in [6.07, 6.45) is 0. The number of rotatable bonds is 8. The first kappa shape index (κ1) is 22.1. The number of nitrogens with one attached hydrogen (secondary N) is 1. The van der Waals surface area contributed by atoms with E-state index >= 15 is 0 Å². The predicted octanol–water partition coefficient (Wildman–Crippen LogP) is 5.77. The summed E-state index contributed by atoms with van der Waals surface area (Å²) < 4.78 is 1.56. The SMILES string of the molecule is C/C(=N\NC(=O)CSc1nnc(SCc2ccccc2Cl)s1)c1ccccc1Cl. The zero-order valence-corrected chi connectivity index (χ0v) is 19.2. The van der Waals surface area contributed by atoms with Gasteiger partial charge in [-0.15, -0.1) is 10.2 Å². The van der Waals surface area contributed by atoms with Crippen LogP contribution in [0.2, 0.25) is 10.0 Å². The van der Waals surface area contributed by atoms with Crippen molar-refractivity contribution in [2.24, 2.45) is 5.10 Å². The van der Waals surface area contributed by atoms with Crippen molar-refractivity contribution in [3.05, 3.63) is 69.7 Å². The number of hydrogen-bond donors (Lipinski definition) is 1. The molecule has 0 unspecified atom stereocenters. The van der Waals surface area contributed by atoms with Crippen molar-refractivity contribution in [1.29, 1.82) is 0 Å². The van der Waals surface area contributed by atoms with Crippen LogP contribution in [0, 0.1) is 0 Å². The molecule has 1 heterocycles. The Labute approximate surface area is 191 Å². The molecule has 0 fully saturated rings. The van der Waals surface area contributed by atoms with E-state index in [1.54, 1.807) is 24.8 Å². The summed E-state index contributed by atoms with van der Waals surface area (Å²) in [7, 11) is 0. The van der Waals surface area contributed by atoms with Gasteiger partial charge in [-0.3, -0.25) is 4.79 Å². The Bertz CT molecular complexity index is 1030. The lowest BCUT2D eigenvalue weighted by Gasteiger charge is -2.04. The standard InChI is InChI=1S/C19H16Cl2N4OS3/c1-12(14-7-3-5-9-16(14)21)22-23-17(26)11-28-19-25-24-18(29-19)27-10-13-6-2-4-8-15(13)20/h2-9H,10-11H2,1H3,(H,23,26)/b22-12+. The summed E-state index contributed by atoms with van der Waals surface area (Å²) in [5, 5.41) is 13.7. The number of carbonyl (C=O) groups excluding carboxylic acids is 1. The Morgan fingerprint density at radius 3 is 2.41 bits per heavy atom. The summed E-state index contributed by atoms with van der Waals surface area (Å²) in [5.41, 5.74) is 5.02. The molecule has 2 aromatic carbocycles. The van der Waals surface area contributed by atoms with E-state index in [-0.39, 0.29) is 11.7 Å². The number of carbonyl (C=O) groups is 1. The Morgan fingerprint density at radius 2 is 1.69 bits per heavy atom. The number of nitrogens with zero attached hydrogens (tertiary/aromatic N) is 3. The maximum atomic E-state index is 12.1. The molecule has 0 aliphatic rings. The summed E-state index contributed by atoms with van der Waals surface area (Å²) in [4.78, 5) is 12.1. The van der Waals surface area contributed by atoms with E-state index in [2.05, 4.69) is 20.7 Å². The van der Waals surface area contributed by atoms with Gasteiger partial charge in [0.1, 0.15) is 0 Å². The van der Waals surface area contributed by atoms with Crippen molar-refractivity contribution in [2.75, 3.05) is 5.75 Å². The van der Waals surface area contributed by atoms with Crippen LogP contribution in [0.15, 0.2) is 62.3 Å². The van der Waals surface area contributed by atoms with Crippen molar-refractivity contribution in [2.45, 2.75) is 21.4 Å². The minimum atomic E-state index is -0.220. The average Bonchev–Trinajstić information content (AvgIpc) is 3.18. The summed E-state index contributed by atoms with van der Waals surface area (Å²) in [6.45, 7) is 1.79. The maximum absolute atomic E-state index is 12.1. The van der Waals surface area contributed by atoms with Crippen molar-refractivity contribution in [3.8, 4) is 0 Å². The zero-order chi connectivity index (χ0) is 20.6. The minimum absolute atomic E-state index is 0.198. The van der Waals surface area contributed by atoms with Crippen LogP contribution in [0.5, 0.6) is 0 Å². The molecule has 5 nitrogen and oxygen atoms in total. The van der Waals surface area contributed by atoms with Crippen LogP contribution >= 0.6 is 58.1 Å². The molecule has 29 heavy (non-hydrogen) atoms. The lowest BCUT2D eigenvalue weighted by atomic mass is 10.1. The number of hydrogen-bond acceptors (Lipinski definition) is 7. The topological polar surface area (TPSA) is 67.2 Å². The normalized spacial score (nSPS) is 11.5. The molecule has 0 spiro atoms. The van der Waals surface area contributed by atoms with Crippen molar-refractivity contribution < 1.29 is 4.79 Å². The van der Waals surface area contributed by atoms with E-state index < -0.39 is 0 Å². The monoisotopic (exact) mass is 482 g/mol. The smallest absolute Gasteiger partial charge is 0.250 e. The van der Waals surface area contributed by atoms with E-state index in [1.807, 2.05) is 42.5 Å². The van der Waals surface area contributed by atoms with Crippen LogP contribution in [0.3, 0.4) is 0 Å². The van der Waals surface area contributed by atoms with Gasteiger partial charge in [-0.05, 0) is 24.6 Å². The average molecular weight is 483 g/mol. The Morgan fingerprint density at radius 1 is 1.03 bits per heavy atom. The van der Waals surface area contributed by atoms with Crippen molar-refractivity contribution >= 4 is 69.7 Å². The van der Waals surface area contributed by atoms with Crippen molar-refractivity contribution in [1.82, 2.24) is 15.6 Å². The van der Waals surface area contributed by atoms with Crippen LogP contribution in [-0.2, 0) is 10.5 Å². The van der Waals surface area contributed by atoms with E-state index in [9.17, 15) is 4.79 Å². The molecule has 1 aromatic heterocycles. The molecule has 3 rings (SSSR count). The van der Waals surface area contributed by atoms with Gasteiger partial charge in [0.15, 0.2) is 8.68 Å². The molecule has 0 aliphatic heterocycles. The molecule has 0 bridgehead atoms. The summed E-state index contributed by atoms with van der Waals surface area (Å²) >= 11 is 16.6. The summed E-state index contributed by atoms with van der Waals surface area (Å²) in [5.74, 6) is 0.695. The fourth-order valence-corrected chi connectivity index (χ4v) is 5.56. The zero-order valence-electron chi connectivity index (χ0n) is 15.3. The number of halogens is 2. The van der Waals surface area contributed by atoms with E-state index in [1.165, 1.54) is 23.1 Å². The van der Waals surface area contributed by atoms with Gasteiger partial charge in [-0.25, -0.2) is 5.43 Å². The number of aromatic nitrogens is 2. The number of thioether (sulfide) groups is 2. The van der Waals surface area contributed by atoms with Gasteiger partial charge in [0.05, 0.1) is 11.5 Å². The van der Waals surface area contributed by atoms with Crippen LogP contribution in [0.4, 0.5) is 0 Å². The highest BCUT2D eigenvalue weighted by molar-refractivity contribution is 8.03. The first-order chi connectivity index (χ1) is 14.0. The van der Waals surface area contributed by atoms with Gasteiger partial charge >= 0.3 is 0 Å². The highest BCUT2D eigenvalue weighted by Crippen LogP contribution is 2.32. The van der Waals surface area contributed by atoms with Gasteiger partial charge < -0.3 is 0 Å². The van der Waals surface area contributed by atoms with Crippen LogP contribution in [0.25, 0.3) is 0 Å². The third-order valence-electron chi connectivity index (χ3n) is 3.64. The molecular weight excluding hydrogens is 467 g/mol. The molecule has 10 heteroatoms. The lowest BCUT2D eigenvalue weighted by molar-refractivity contribution is -0.118.